The SMILES string of the molecule is C[C@H]1C/C(=N\NC(=O)c2cccc(S(=O)(=O)N3CCCC3)c2)CC(C)(C)C1. The summed E-state index contributed by atoms with van der Waals surface area (Å²) in [4.78, 5) is 12.7. The second kappa shape index (κ2) is 7.72. The van der Waals surface area contributed by atoms with Gasteiger partial charge in [0.25, 0.3) is 5.91 Å². The van der Waals surface area contributed by atoms with Crippen LogP contribution in [-0.4, -0.2) is 37.4 Å². The van der Waals surface area contributed by atoms with Crippen molar-refractivity contribution in [2.45, 2.75) is 57.8 Å². The molecule has 3 rings (SSSR count). The van der Waals surface area contributed by atoms with Crippen LogP contribution in [0.5, 0.6) is 0 Å². The van der Waals surface area contributed by atoms with Gasteiger partial charge in [0.2, 0.25) is 10.0 Å². The average molecular weight is 392 g/mol. The van der Waals surface area contributed by atoms with Crippen molar-refractivity contribution >= 4 is 21.6 Å². The van der Waals surface area contributed by atoms with Gasteiger partial charge in [-0.05, 0) is 61.6 Å². The Morgan fingerprint density at radius 3 is 2.63 bits per heavy atom. The smallest absolute Gasteiger partial charge is 0.267 e. The second-order valence-electron chi connectivity index (χ2n) is 8.61. The van der Waals surface area contributed by atoms with Crippen molar-refractivity contribution in [3.05, 3.63) is 29.8 Å². The van der Waals surface area contributed by atoms with Crippen molar-refractivity contribution < 1.29 is 13.2 Å². The molecule has 1 aromatic rings. The minimum absolute atomic E-state index is 0.164. The first-order valence-corrected chi connectivity index (χ1v) is 11.1. The number of carbonyl (C=O) groups excluding carboxylic acids is 1. The first-order valence-electron chi connectivity index (χ1n) is 9.63. The third kappa shape index (κ3) is 4.76. The molecule has 2 fully saturated rings. The third-order valence-electron chi connectivity index (χ3n) is 5.28. The molecule has 27 heavy (non-hydrogen) atoms. The summed E-state index contributed by atoms with van der Waals surface area (Å²) in [5.74, 6) is 0.162. The van der Waals surface area contributed by atoms with Crippen LogP contribution < -0.4 is 5.43 Å². The van der Waals surface area contributed by atoms with Crippen molar-refractivity contribution in [2.24, 2.45) is 16.4 Å². The molecule has 2 aliphatic rings. The Hall–Kier alpha value is -1.73. The fraction of sp³-hybridized carbons (Fsp3) is 0.600. The van der Waals surface area contributed by atoms with Crippen molar-refractivity contribution in [1.29, 1.82) is 0 Å². The summed E-state index contributed by atoms with van der Waals surface area (Å²) in [7, 11) is -3.54. The number of rotatable bonds is 4. The molecule has 1 aliphatic carbocycles. The zero-order valence-electron chi connectivity index (χ0n) is 16.4. The van der Waals surface area contributed by atoms with E-state index < -0.39 is 10.0 Å². The van der Waals surface area contributed by atoms with Gasteiger partial charge in [-0.15, -0.1) is 0 Å². The topological polar surface area (TPSA) is 78.8 Å². The highest BCUT2D eigenvalue weighted by Gasteiger charge is 2.30. The standard InChI is InChI=1S/C20H29N3O3S/c1-15-11-17(14-20(2,3)13-15)21-22-19(24)16-7-6-8-18(12-16)27(25,26)23-9-4-5-10-23/h6-8,12,15H,4-5,9-11,13-14H2,1-3H3,(H,22,24)/b21-17+/t15-/m0/s1. The lowest BCUT2D eigenvalue weighted by Crippen LogP contribution is -2.30. The number of hydrogen-bond acceptors (Lipinski definition) is 4. The monoisotopic (exact) mass is 391 g/mol. The number of hydrazone groups is 1. The second-order valence-corrected chi connectivity index (χ2v) is 10.6. The molecule has 148 valence electrons. The zero-order chi connectivity index (χ0) is 19.7. The van der Waals surface area contributed by atoms with Crippen LogP contribution in [0.25, 0.3) is 0 Å². The first-order chi connectivity index (χ1) is 12.7. The molecule has 1 heterocycles. The van der Waals surface area contributed by atoms with E-state index in [9.17, 15) is 13.2 Å². The summed E-state index contributed by atoms with van der Waals surface area (Å²) in [5.41, 5.74) is 4.10. The molecule has 0 radical (unpaired) electrons. The molecule has 0 aromatic heterocycles. The van der Waals surface area contributed by atoms with Gasteiger partial charge in [-0.1, -0.05) is 26.8 Å². The predicted molar refractivity (Wildman–Crippen MR) is 106 cm³/mol. The molecular weight excluding hydrogens is 362 g/mol. The number of benzene rings is 1. The number of hydrogen-bond donors (Lipinski definition) is 1. The normalized spacial score (nSPS) is 24.9. The van der Waals surface area contributed by atoms with Gasteiger partial charge in [0.05, 0.1) is 4.90 Å². The highest BCUT2D eigenvalue weighted by Crippen LogP contribution is 2.36. The van der Waals surface area contributed by atoms with Gasteiger partial charge in [-0.25, -0.2) is 13.8 Å². The van der Waals surface area contributed by atoms with E-state index in [-0.39, 0.29) is 16.2 Å². The molecule has 6 nitrogen and oxygen atoms in total. The van der Waals surface area contributed by atoms with Crippen molar-refractivity contribution in [1.82, 2.24) is 9.73 Å². The minimum atomic E-state index is -3.54. The van der Waals surface area contributed by atoms with Gasteiger partial charge in [0, 0.05) is 24.4 Å². The van der Waals surface area contributed by atoms with Crippen LogP contribution in [0.4, 0.5) is 0 Å². The summed E-state index contributed by atoms with van der Waals surface area (Å²) < 4.78 is 26.9. The quantitative estimate of drug-likeness (QED) is 0.799. The Labute approximate surface area is 162 Å². The van der Waals surface area contributed by atoms with Gasteiger partial charge in [0.15, 0.2) is 0 Å². The van der Waals surface area contributed by atoms with E-state index in [0.29, 0.717) is 24.6 Å². The first kappa shape index (κ1) is 20.0. The minimum Gasteiger partial charge on any atom is -0.267 e. The van der Waals surface area contributed by atoms with Crippen LogP contribution >= 0.6 is 0 Å². The molecule has 1 aromatic carbocycles. The molecule has 0 bridgehead atoms. The Bertz CT molecular complexity index is 840. The third-order valence-corrected chi connectivity index (χ3v) is 7.18. The molecule has 1 atom stereocenters. The highest BCUT2D eigenvalue weighted by atomic mass is 32.2. The molecule has 1 N–H and O–H groups in total. The van der Waals surface area contributed by atoms with Crippen LogP contribution in [0.15, 0.2) is 34.3 Å². The van der Waals surface area contributed by atoms with Crippen molar-refractivity contribution in [3.8, 4) is 0 Å². The maximum absolute atomic E-state index is 12.7. The summed E-state index contributed by atoms with van der Waals surface area (Å²) in [6.45, 7) is 7.71. The highest BCUT2D eigenvalue weighted by molar-refractivity contribution is 7.89. The van der Waals surface area contributed by atoms with E-state index in [4.69, 9.17) is 0 Å². The Morgan fingerprint density at radius 1 is 1.26 bits per heavy atom. The summed E-state index contributed by atoms with van der Waals surface area (Å²) in [6.07, 6.45) is 4.65. The van der Waals surface area contributed by atoms with Crippen LogP contribution in [0, 0.1) is 11.3 Å². The van der Waals surface area contributed by atoms with Crippen LogP contribution in [0.2, 0.25) is 0 Å². The van der Waals surface area contributed by atoms with Gasteiger partial charge in [-0.3, -0.25) is 4.79 Å². The molecule has 7 heteroatoms. The van der Waals surface area contributed by atoms with Gasteiger partial charge >= 0.3 is 0 Å². The fourth-order valence-corrected chi connectivity index (χ4v) is 5.83. The summed E-state index contributed by atoms with van der Waals surface area (Å²) >= 11 is 0. The van der Waals surface area contributed by atoms with Gasteiger partial charge < -0.3 is 0 Å². The van der Waals surface area contributed by atoms with Crippen molar-refractivity contribution in [2.75, 3.05) is 13.1 Å². The number of sulfonamides is 1. The zero-order valence-corrected chi connectivity index (χ0v) is 17.2. The van der Waals surface area contributed by atoms with Gasteiger partial charge in [0.1, 0.15) is 0 Å². The number of carbonyl (C=O) groups is 1. The van der Waals surface area contributed by atoms with E-state index in [2.05, 4.69) is 31.3 Å². The lowest BCUT2D eigenvalue weighted by Gasteiger charge is -2.34. The molecule has 1 saturated heterocycles. The van der Waals surface area contributed by atoms with Crippen LogP contribution in [0.1, 0.15) is 63.2 Å². The van der Waals surface area contributed by atoms with E-state index >= 15 is 0 Å². The molecule has 0 spiro atoms. The van der Waals surface area contributed by atoms with Crippen LogP contribution in [-0.2, 0) is 10.0 Å². The largest absolute Gasteiger partial charge is 0.271 e. The molecule has 1 saturated carbocycles. The maximum Gasteiger partial charge on any atom is 0.271 e. The van der Waals surface area contributed by atoms with Gasteiger partial charge in [-0.2, -0.15) is 9.41 Å². The lowest BCUT2D eigenvalue weighted by molar-refractivity contribution is 0.0953. The molecule has 1 aliphatic heterocycles. The summed E-state index contributed by atoms with van der Waals surface area (Å²) in [6, 6.07) is 6.21. The fourth-order valence-electron chi connectivity index (χ4n) is 4.27. The average Bonchev–Trinajstić information content (AvgIpc) is 3.13. The van der Waals surface area contributed by atoms with E-state index in [1.807, 2.05) is 0 Å². The number of nitrogens with one attached hydrogen (secondary N) is 1. The van der Waals surface area contributed by atoms with E-state index in [1.54, 1.807) is 18.2 Å². The molecule has 1 amide bonds. The van der Waals surface area contributed by atoms with E-state index in [0.717, 1.165) is 37.8 Å². The number of nitrogens with zero attached hydrogens (tertiary/aromatic N) is 2. The number of amides is 1. The summed E-state index contributed by atoms with van der Waals surface area (Å²) in [5, 5.41) is 4.33. The molecule has 0 unspecified atom stereocenters. The van der Waals surface area contributed by atoms with Crippen molar-refractivity contribution in [3.63, 3.8) is 0 Å². The maximum atomic E-state index is 12.7. The molecular formula is C20H29N3O3S. The Kier molecular flexibility index (Phi) is 5.72. The predicted octanol–water partition coefficient (Wildman–Crippen LogP) is 3.40. The van der Waals surface area contributed by atoms with Crippen LogP contribution in [0.3, 0.4) is 0 Å². The Morgan fingerprint density at radius 2 is 1.96 bits per heavy atom. The lowest BCUT2D eigenvalue weighted by atomic mass is 9.72. The van der Waals surface area contributed by atoms with E-state index in [1.165, 1.54) is 10.4 Å². The Balaban J connectivity index is 1.73.